The molecule has 1 atom stereocenters. The minimum absolute atomic E-state index is 0.0420. The summed E-state index contributed by atoms with van der Waals surface area (Å²) in [7, 11) is 0. The second kappa shape index (κ2) is 6.03. The van der Waals surface area contributed by atoms with E-state index in [0.717, 1.165) is 42.5 Å². The topological polar surface area (TPSA) is 63.9 Å². The van der Waals surface area contributed by atoms with Gasteiger partial charge >= 0.3 is 0 Å². The van der Waals surface area contributed by atoms with Gasteiger partial charge in [-0.15, -0.1) is 0 Å². The zero-order chi connectivity index (χ0) is 16.5. The fraction of sp³-hybridized carbons (Fsp3) is 0.333. The molecule has 1 aliphatic heterocycles. The predicted molar refractivity (Wildman–Crippen MR) is 90.6 cm³/mol. The van der Waals surface area contributed by atoms with Gasteiger partial charge in [-0.1, -0.05) is 12.1 Å². The Morgan fingerprint density at radius 2 is 2.08 bits per heavy atom. The summed E-state index contributed by atoms with van der Waals surface area (Å²) in [5.41, 5.74) is 3.10. The lowest BCUT2D eigenvalue weighted by molar-refractivity contribution is 0.0715. The Hall–Kier alpha value is -2.76. The lowest BCUT2D eigenvalue weighted by atomic mass is 10.2. The number of aromatic nitrogens is 4. The van der Waals surface area contributed by atoms with Gasteiger partial charge in [-0.3, -0.25) is 14.5 Å². The molecule has 1 aliphatic rings. The van der Waals surface area contributed by atoms with E-state index in [1.54, 1.807) is 6.20 Å². The van der Waals surface area contributed by atoms with Crippen LogP contribution in [0.3, 0.4) is 0 Å². The van der Waals surface area contributed by atoms with Crippen LogP contribution in [0.1, 0.15) is 28.9 Å². The molecule has 1 saturated heterocycles. The molecule has 4 rings (SSSR count). The predicted octanol–water partition coefficient (Wildman–Crippen LogP) is 2.44. The van der Waals surface area contributed by atoms with Gasteiger partial charge in [-0.2, -0.15) is 5.10 Å². The first kappa shape index (κ1) is 14.8. The normalized spacial score (nSPS) is 17.5. The molecule has 0 radical (unpaired) electrons. The number of carbonyl (C=O) groups is 1. The standard InChI is InChI=1S/C18H19N5O/c1-13-9-20-22(11-13)12-14-5-4-8-23(14)18(24)17-10-19-15-6-2-3-7-16(15)21-17/h2-3,6-7,9-11,14H,4-5,8,12H2,1H3/t14-/m1/s1. The Morgan fingerprint density at radius 1 is 1.25 bits per heavy atom. The summed E-state index contributed by atoms with van der Waals surface area (Å²) in [5.74, 6) is -0.0420. The molecular formula is C18H19N5O. The smallest absolute Gasteiger partial charge is 0.274 e. The number of rotatable bonds is 3. The third kappa shape index (κ3) is 2.75. The van der Waals surface area contributed by atoms with Gasteiger partial charge in [0.2, 0.25) is 0 Å². The van der Waals surface area contributed by atoms with E-state index in [0.29, 0.717) is 5.69 Å². The van der Waals surface area contributed by atoms with Crippen LogP contribution in [0.25, 0.3) is 11.0 Å². The molecule has 1 amide bonds. The molecule has 0 spiro atoms. The Kier molecular flexibility index (Phi) is 3.72. The SMILES string of the molecule is Cc1cnn(C[C@H]2CCCN2C(=O)c2cnc3ccccc3n2)c1. The Morgan fingerprint density at radius 3 is 2.88 bits per heavy atom. The minimum atomic E-state index is -0.0420. The van der Waals surface area contributed by atoms with Crippen molar-refractivity contribution >= 4 is 16.9 Å². The maximum absolute atomic E-state index is 12.9. The highest BCUT2D eigenvalue weighted by Gasteiger charge is 2.30. The van der Waals surface area contributed by atoms with E-state index < -0.39 is 0 Å². The fourth-order valence-electron chi connectivity index (χ4n) is 3.28. The van der Waals surface area contributed by atoms with Gasteiger partial charge in [-0.05, 0) is 37.5 Å². The van der Waals surface area contributed by atoms with Crippen LogP contribution < -0.4 is 0 Å². The molecule has 122 valence electrons. The largest absolute Gasteiger partial charge is 0.332 e. The first-order valence-corrected chi connectivity index (χ1v) is 8.22. The van der Waals surface area contributed by atoms with E-state index in [-0.39, 0.29) is 11.9 Å². The minimum Gasteiger partial charge on any atom is -0.332 e. The van der Waals surface area contributed by atoms with Gasteiger partial charge in [0.1, 0.15) is 5.69 Å². The van der Waals surface area contributed by atoms with Crippen molar-refractivity contribution in [3.8, 4) is 0 Å². The molecule has 1 fully saturated rings. The lowest BCUT2D eigenvalue weighted by Crippen LogP contribution is -2.38. The molecule has 6 nitrogen and oxygen atoms in total. The lowest BCUT2D eigenvalue weighted by Gasteiger charge is -2.24. The van der Waals surface area contributed by atoms with E-state index >= 15 is 0 Å². The number of aryl methyl sites for hydroxylation is 1. The molecule has 24 heavy (non-hydrogen) atoms. The molecule has 6 heteroatoms. The first-order valence-electron chi connectivity index (χ1n) is 8.22. The van der Waals surface area contributed by atoms with E-state index in [1.165, 1.54) is 0 Å². The summed E-state index contributed by atoms with van der Waals surface area (Å²) in [5, 5.41) is 4.34. The quantitative estimate of drug-likeness (QED) is 0.743. The summed E-state index contributed by atoms with van der Waals surface area (Å²) in [6.07, 6.45) is 7.44. The summed E-state index contributed by atoms with van der Waals surface area (Å²) in [4.78, 5) is 23.7. The van der Waals surface area contributed by atoms with Gasteiger partial charge in [0.15, 0.2) is 0 Å². The van der Waals surface area contributed by atoms with Crippen LogP contribution in [-0.2, 0) is 6.54 Å². The van der Waals surface area contributed by atoms with Crippen molar-refractivity contribution in [3.05, 3.63) is 54.1 Å². The molecule has 1 aromatic carbocycles. The molecule has 0 aliphatic carbocycles. The molecule has 3 aromatic rings. The highest BCUT2D eigenvalue weighted by molar-refractivity contribution is 5.94. The highest BCUT2D eigenvalue weighted by Crippen LogP contribution is 2.21. The highest BCUT2D eigenvalue weighted by atomic mass is 16.2. The number of likely N-dealkylation sites (tertiary alicyclic amines) is 1. The zero-order valence-corrected chi connectivity index (χ0v) is 13.6. The van der Waals surface area contributed by atoms with Crippen molar-refractivity contribution in [1.82, 2.24) is 24.6 Å². The average Bonchev–Trinajstić information content (AvgIpc) is 3.23. The van der Waals surface area contributed by atoms with Crippen molar-refractivity contribution in [2.24, 2.45) is 0 Å². The second-order valence-corrected chi connectivity index (χ2v) is 6.28. The molecule has 2 aromatic heterocycles. The first-order chi connectivity index (χ1) is 11.7. The summed E-state index contributed by atoms with van der Waals surface area (Å²) in [6, 6.07) is 7.76. The summed E-state index contributed by atoms with van der Waals surface area (Å²) >= 11 is 0. The van der Waals surface area contributed by atoms with Gasteiger partial charge in [0.25, 0.3) is 5.91 Å². The second-order valence-electron chi connectivity index (χ2n) is 6.28. The fourth-order valence-corrected chi connectivity index (χ4v) is 3.28. The molecule has 0 unspecified atom stereocenters. The third-order valence-electron chi connectivity index (χ3n) is 4.47. The van der Waals surface area contributed by atoms with Crippen LogP contribution in [-0.4, -0.2) is 43.1 Å². The van der Waals surface area contributed by atoms with Gasteiger partial charge in [0.05, 0.1) is 36.0 Å². The number of hydrogen-bond donors (Lipinski definition) is 0. The number of amides is 1. The number of benzene rings is 1. The van der Waals surface area contributed by atoms with E-state index in [1.807, 2.05) is 53.2 Å². The molecule has 0 N–H and O–H groups in total. The number of fused-ring (bicyclic) bond motifs is 1. The number of hydrogen-bond acceptors (Lipinski definition) is 4. The Bertz CT molecular complexity index is 888. The van der Waals surface area contributed by atoms with Crippen molar-refractivity contribution < 1.29 is 4.79 Å². The third-order valence-corrected chi connectivity index (χ3v) is 4.47. The molecule has 0 saturated carbocycles. The van der Waals surface area contributed by atoms with Gasteiger partial charge in [0, 0.05) is 12.7 Å². The zero-order valence-electron chi connectivity index (χ0n) is 13.6. The Balaban J connectivity index is 1.57. The maximum atomic E-state index is 12.9. The number of carbonyl (C=O) groups excluding carboxylic acids is 1. The van der Waals surface area contributed by atoms with E-state index in [9.17, 15) is 4.79 Å². The van der Waals surface area contributed by atoms with Crippen LogP contribution >= 0.6 is 0 Å². The molecule has 0 bridgehead atoms. The molecular weight excluding hydrogens is 302 g/mol. The van der Waals surface area contributed by atoms with Crippen molar-refractivity contribution in [2.45, 2.75) is 32.4 Å². The summed E-state index contributed by atoms with van der Waals surface area (Å²) in [6.45, 7) is 3.50. The average molecular weight is 321 g/mol. The monoisotopic (exact) mass is 321 g/mol. The van der Waals surface area contributed by atoms with Crippen molar-refractivity contribution in [2.75, 3.05) is 6.54 Å². The van der Waals surface area contributed by atoms with E-state index in [2.05, 4.69) is 15.1 Å². The van der Waals surface area contributed by atoms with Crippen LogP contribution in [0.5, 0.6) is 0 Å². The Labute approximate surface area is 140 Å². The van der Waals surface area contributed by atoms with Crippen LogP contribution in [0.15, 0.2) is 42.9 Å². The van der Waals surface area contributed by atoms with Crippen LogP contribution in [0.4, 0.5) is 0 Å². The van der Waals surface area contributed by atoms with Gasteiger partial charge < -0.3 is 4.90 Å². The number of para-hydroxylation sites is 2. The van der Waals surface area contributed by atoms with E-state index in [4.69, 9.17) is 0 Å². The van der Waals surface area contributed by atoms with Crippen molar-refractivity contribution in [1.29, 1.82) is 0 Å². The molecule has 3 heterocycles. The summed E-state index contributed by atoms with van der Waals surface area (Å²) < 4.78 is 1.91. The maximum Gasteiger partial charge on any atom is 0.274 e. The van der Waals surface area contributed by atoms with Crippen LogP contribution in [0, 0.1) is 6.92 Å². The van der Waals surface area contributed by atoms with Crippen molar-refractivity contribution in [3.63, 3.8) is 0 Å². The number of nitrogens with zero attached hydrogens (tertiary/aromatic N) is 5. The van der Waals surface area contributed by atoms with Gasteiger partial charge in [-0.25, -0.2) is 4.98 Å². The van der Waals surface area contributed by atoms with Crippen LogP contribution in [0.2, 0.25) is 0 Å².